The normalized spacial score (nSPS) is 14.3. The molecule has 0 radical (unpaired) electrons. The fraction of sp³-hybridized carbons (Fsp3) is 0.583. The lowest BCUT2D eigenvalue weighted by molar-refractivity contribution is -0.123. The summed E-state index contributed by atoms with van der Waals surface area (Å²) in [6.07, 6.45) is 2.97. The van der Waals surface area contributed by atoms with Gasteiger partial charge < -0.3 is 20.2 Å². The van der Waals surface area contributed by atoms with Crippen LogP contribution in [-0.2, 0) is 9.53 Å². The van der Waals surface area contributed by atoms with Gasteiger partial charge in [0.25, 0.3) is 0 Å². The summed E-state index contributed by atoms with van der Waals surface area (Å²) in [5.74, 6) is 0.562. The average molecular weight is 240 g/mol. The first-order valence-electron chi connectivity index (χ1n) is 5.73. The summed E-state index contributed by atoms with van der Waals surface area (Å²) in [5.41, 5.74) is 5.76. The van der Waals surface area contributed by atoms with Crippen LogP contribution < -0.4 is 11.1 Å². The van der Waals surface area contributed by atoms with Gasteiger partial charge in [0.1, 0.15) is 5.76 Å². The average Bonchev–Trinajstić information content (AvgIpc) is 2.82. The molecule has 0 spiro atoms. The standard InChI is InChI=1S/C12H20N2O3/c1-9(11-6-4-8-17-11)14-12(15)10(13)5-3-7-16-2/h4,6,8-10H,3,5,7,13H2,1-2H3,(H,14,15). The molecule has 3 N–H and O–H groups in total. The van der Waals surface area contributed by atoms with E-state index in [9.17, 15) is 4.79 Å². The van der Waals surface area contributed by atoms with Gasteiger partial charge in [0.2, 0.25) is 5.91 Å². The molecule has 2 atom stereocenters. The van der Waals surface area contributed by atoms with Crippen LogP contribution in [-0.4, -0.2) is 25.7 Å². The summed E-state index contributed by atoms with van der Waals surface area (Å²) in [6.45, 7) is 2.48. The number of nitrogens with one attached hydrogen (secondary N) is 1. The quantitative estimate of drug-likeness (QED) is 0.702. The zero-order valence-corrected chi connectivity index (χ0v) is 10.3. The van der Waals surface area contributed by atoms with Gasteiger partial charge in [0, 0.05) is 13.7 Å². The van der Waals surface area contributed by atoms with Gasteiger partial charge in [-0.25, -0.2) is 0 Å². The molecule has 0 aliphatic heterocycles. The van der Waals surface area contributed by atoms with Crippen molar-refractivity contribution in [1.82, 2.24) is 5.32 Å². The van der Waals surface area contributed by atoms with Crippen molar-refractivity contribution in [3.63, 3.8) is 0 Å². The van der Waals surface area contributed by atoms with E-state index in [1.165, 1.54) is 0 Å². The summed E-state index contributed by atoms with van der Waals surface area (Å²) in [6, 6.07) is 2.95. The maximum Gasteiger partial charge on any atom is 0.237 e. The number of hydrogen-bond donors (Lipinski definition) is 2. The number of nitrogens with two attached hydrogens (primary N) is 1. The predicted octanol–water partition coefficient (Wildman–Crippen LogP) is 1.21. The molecular weight excluding hydrogens is 220 g/mol. The van der Waals surface area contributed by atoms with Gasteiger partial charge in [-0.2, -0.15) is 0 Å². The van der Waals surface area contributed by atoms with Crippen molar-refractivity contribution in [3.8, 4) is 0 Å². The molecule has 1 aromatic heterocycles. The first-order chi connectivity index (χ1) is 8.15. The first kappa shape index (κ1) is 13.7. The van der Waals surface area contributed by atoms with E-state index < -0.39 is 6.04 Å². The molecule has 0 aromatic carbocycles. The number of ether oxygens (including phenoxy) is 1. The van der Waals surface area contributed by atoms with Gasteiger partial charge >= 0.3 is 0 Å². The van der Waals surface area contributed by atoms with E-state index in [1.54, 1.807) is 19.4 Å². The number of carbonyl (C=O) groups is 1. The minimum Gasteiger partial charge on any atom is -0.467 e. The summed E-state index contributed by atoms with van der Waals surface area (Å²) in [5, 5.41) is 2.81. The number of amides is 1. The Morgan fingerprint density at radius 1 is 1.65 bits per heavy atom. The van der Waals surface area contributed by atoms with Crippen LogP contribution in [0.25, 0.3) is 0 Å². The Hall–Kier alpha value is -1.33. The second kappa shape index (κ2) is 7.09. The molecule has 0 fully saturated rings. The highest BCUT2D eigenvalue weighted by Crippen LogP contribution is 2.12. The highest BCUT2D eigenvalue weighted by Gasteiger charge is 2.17. The van der Waals surface area contributed by atoms with Gasteiger partial charge in [0.15, 0.2) is 0 Å². The molecule has 0 saturated carbocycles. The van der Waals surface area contributed by atoms with Crippen LogP contribution in [0.15, 0.2) is 22.8 Å². The summed E-state index contributed by atoms with van der Waals surface area (Å²) >= 11 is 0. The molecule has 0 bridgehead atoms. The lowest BCUT2D eigenvalue weighted by atomic mass is 10.1. The summed E-state index contributed by atoms with van der Waals surface area (Å²) in [4.78, 5) is 11.7. The second-order valence-electron chi connectivity index (χ2n) is 3.99. The first-order valence-corrected chi connectivity index (χ1v) is 5.73. The van der Waals surface area contributed by atoms with Crippen LogP contribution in [0.4, 0.5) is 0 Å². The van der Waals surface area contributed by atoms with Crippen molar-refractivity contribution < 1.29 is 13.9 Å². The molecule has 1 aromatic rings. The Kier molecular flexibility index (Phi) is 5.72. The van der Waals surface area contributed by atoms with Crippen LogP contribution in [0.2, 0.25) is 0 Å². The van der Waals surface area contributed by atoms with E-state index in [0.717, 1.165) is 12.2 Å². The fourth-order valence-corrected chi connectivity index (χ4v) is 1.51. The number of hydrogen-bond acceptors (Lipinski definition) is 4. The molecule has 5 heteroatoms. The van der Waals surface area contributed by atoms with E-state index in [-0.39, 0.29) is 11.9 Å². The van der Waals surface area contributed by atoms with Crippen molar-refractivity contribution in [1.29, 1.82) is 0 Å². The number of carbonyl (C=O) groups excluding carboxylic acids is 1. The van der Waals surface area contributed by atoms with Crippen LogP contribution in [0.5, 0.6) is 0 Å². The van der Waals surface area contributed by atoms with Crippen LogP contribution in [0, 0.1) is 0 Å². The largest absolute Gasteiger partial charge is 0.467 e. The van der Waals surface area contributed by atoms with Crippen LogP contribution in [0.3, 0.4) is 0 Å². The van der Waals surface area contributed by atoms with Crippen molar-refractivity contribution in [3.05, 3.63) is 24.2 Å². The number of furan rings is 1. The molecule has 17 heavy (non-hydrogen) atoms. The molecule has 1 heterocycles. The smallest absolute Gasteiger partial charge is 0.237 e. The van der Waals surface area contributed by atoms with Gasteiger partial charge in [-0.15, -0.1) is 0 Å². The minimum atomic E-state index is -0.498. The zero-order valence-electron chi connectivity index (χ0n) is 10.3. The zero-order chi connectivity index (χ0) is 12.7. The Labute approximate surface area is 101 Å². The van der Waals surface area contributed by atoms with Crippen molar-refractivity contribution >= 4 is 5.91 Å². The molecule has 1 amide bonds. The van der Waals surface area contributed by atoms with E-state index in [4.69, 9.17) is 14.9 Å². The number of rotatable bonds is 7. The van der Waals surface area contributed by atoms with E-state index in [0.29, 0.717) is 13.0 Å². The lowest BCUT2D eigenvalue weighted by Gasteiger charge is -2.15. The monoisotopic (exact) mass is 240 g/mol. The third kappa shape index (κ3) is 4.58. The topological polar surface area (TPSA) is 77.5 Å². The third-order valence-electron chi connectivity index (χ3n) is 2.53. The predicted molar refractivity (Wildman–Crippen MR) is 64.4 cm³/mol. The highest BCUT2D eigenvalue weighted by molar-refractivity contribution is 5.81. The van der Waals surface area contributed by atoms with Crippen molar-refractivity contribution in [2.75, 3.05) is 13.7 Å². The van der Waals surface area contributed by atoms with Gasteiger partial charge in [-0.05, 0) is 31.9 Å². The van der Waals surface area contributed by atoms with Gasteiger partial charge in [0.05, 0.1) is 18.3 Å². The maximum atomic E-state index is 11.7. The number of methoxy groups -OCH3 is 1. The molecule has 0 aliphatic rings. The summed E-state index contributed by atoms with van der Waals surface area (Å²) < 4.78 is 10.1. The fourth-order valence-electron chi connectivity index (χ4n) is 1.51. The maximum absolute atomic E-state index is 11.7. The molecule has 96 valence electrons. The highest BCUT2D eigenvalue weighted by atomic mass is 16.5. The molecule has 2 unspecified atom stereocenters. The van der Waals surface area contributed by atoms with Crippen molar-refractivity contribution in [2.45, 2.75) is 31.8 Å². The van der Waals surface area contributed by atoms with E-state index in [2.05, 4.69) is 5.32 Å². The second-order valence-corrected chi connectivity index (χ2v) is 3.99. The van der Waals surface area contributed by atoms with Crippen molar-refractivity contribution in [2.24, 2.45) is 5.73 Å². The summed E-state index contributed by atoms with van der Waals surface area (Å²) in [7, 11) is 1.63. The van der Waals surface area contributed by atoms with Crippen LogP contribution in [0.1, 0.15) is 31.6 Å². The molecule has 5 nitrogen and oxygen atoms in total. The Balaban J connectivity index is 2.33. The Morgan fingerprint density at radius 2 is 2.41 bits per heavy atom. The van der Waals surface area contributed by atoms with E-state index >= 15 is 0 Å². The lowest BCUT2D eigenvalue weighted by Crippen LogP contribution is -2.41. The van der Waals surface area contributed by atoms with Crippen LogP contribution >= 0.6 is 0 Å². The van der Waals surface area contributed by atoms with Gasteiger partial charge in [-0.1, -0.05) is 0 Å². The molecule has 0 aliphatic carbocycles. The SMILES string of the molecule is COCCCC(N)C(=O)NC(C)c1ccco1. The Morgan fingerprint density at radius 3 is 3.00 bits per heavy atom. The van der Waals surface area contributed by atoms with Gasteiger partial charge in [-0.3, -0.25) is 4.79 Å². The minimum absolute atomic E-state index is 0.161. The van der Waals surface area contributed by atoms with E-state index in [1.807, 2.05) is 13.0 Å². The third-order valence-corrected chi connectivity index (χ3v) is 2.53. The molecule has 1 rings (SSSR count). The molecule has 0 saturated heterocycles. The molecular formula is C12H20N2O3. The Bertz CT molecular complexity index is 325.